The van der Waals surface area contributed by atoms with Gasteiger partial charge in [0.05, 0.1) is 38.1 Å². The summed E-state index contributed by atoms with van der Waals surface area (Å²) in [5.41, 5.74) is 2.92. The van der Waals surface area contributed by atoms with Crippen LogP contribution < -0.4 is 18.9 Å². The number of hydrogen-bond donors (Lipinski definition) is 2. The summed E-state index contributed by atoms with van der Waals surface area (Å²) >= 11 is 4.64. The molecule has 8 aliphatic rings. The van der Waals surface area contributed by atoms with E-state index in [1.807, 2.05) is 26.8 Å². The Labute approximate surface area is 731 Å². The zero-order valence-corrected chi connectivity index (χ0v) is 77.8. The monoisotopic (exact) mass is 1690 g/mol. The van der Waals surface area contributed by atoms with E-state index in [9.17, 15) is 42.2 Å². The highest BCUT2D eigenvalue weighted by molar-refractivity contribution is 6.15. The van der Waals surface area contributed by atoms with Crippen molar-refractivity contribution in [2.75, 3.05) is 32.8 Å². The van der Waals surface area contributed by atoms with Gasteiger partial charge in [0, 0.05) is 31.2 Å². The lowest BCUT2D eigenvalue weighted by atomic mass is 9.68. The number of Topliss-reactive ketones (excluding diaryl/α,β-unsaturated/α-hetero) is 2. The summed E-state index contributed by atoms with van der Waals surface area (Å²) in [6.45, 7) is 23.4. The second-order valence-electron chi connectivity index (χ2n) is 38.0. The molecule has 0 heterocycles. The Morgan fingerprint density at radius 1 is 0.375 bits per heavy atom. The lowest BCUT2D eigenvalue weighted by molar-refractivity contribution is -0.108. The van der Waals surface area contributed by atoms with Crippen LogP contribution in [0.25, 0.3) is 0 Å². The summed E-state index contributed by atoms with van der Waals surface area (Å²) in [4.78, 5) is 35.9. The molecule has 0 amide bonds. The number of aliphatic hydroxyl groups is 1. The maximum Gasteiger partial charge on any atom is 0.207 e. The molecule has 1 atom stereocenters. The molecule has 4 aromatic rings. The summed E-state index contributed by atoms with van der Waals surface area (Å²) in [6.07, 6.45) is 61.4. The first-order chi connectivity index (χ1) is 58.2. The Kier molecular flexibility index (Phi) is 47.6. The number of alkyl halides is 1. The average Bonchev–Trinajstić information content (AvgIpc) is 0.817. The lowest BCUT2D eigenvalue weighted by Crippen LogP contribution is -2.26. The average molecular weight is 1690 g/mol. The Balaban J connectivity index is 0.000000211. The first kappa shape index (κ1) is 102. The molecule has 678 valence electrons. The minimum absolute atomic E-state index is 0.00397. The number of ether oxygens (including phenoxy) is 4. The molecular formula is C106H165ClF4O9. The smallest absolute Gasteiger partial charge is 0.207 e. The number of unbranched alkanes of at least 4 members (excludes halogenated alkanes) is 1. The summed E-state index contributed by atoms with van der Waals surface area (Å²) in [5.74, 6) is 12.1. The van der Waals surface area contributed by atoms with E-state index in [0.717, 1.165) is 134 Å². The van der Waals surface area contributed by atoms with E-state index in [0.29, 0.717) is 85.0 Å². The SMILES string of the molecule is CCCC1CCC(C2CCC(CC(=O)c3ccc(OCC)c(F)c3C)CC2)CC1.CCCC1CCC(C2CCC(CC(=O)c3ccc(OCC)c(F)c3O)CC2)CC1.CCCC1CCC(C2CCC(CC(O)c3ccc(OCC)c(F)c3C)CC2)CC1.CCCC1CCC(C2CCC(CCCC=O)CC2)CC1.CCOc1cccc(C)c1F.CCl. The van der Waals surface area contributed by atoms with Crippen LogP contribution in [0, 0.1) is 139 Å². The van der Waals surface area contributed by atoms with Crippen LogP contribution in [0.3, 0.4) is 0 Å². The van der Waals surface area contributed by atoms with Gasteiger partial charge in [-0.15, -0.1) is 11.6 Å². The van der Waals surface area contributed by atoms with Crippen LogP contribution in [-0.2, 0) is 4.79 Å². The van der Waals surface area contributed by atoms with Gasteiger partial charge in [-0.1, -0.05) is 181 Å². The number of carbonyl (C=O) groups excluding carboxylic acids is 3. The summed E-state index contributed by atoms with van der Waals surface area (Å²) in [7, 11) is 0. The standard InChI is InChI=1S/C26H41FO2.C26H39FO2.C25H37FO3.C19H34O.C9H11FO.CH3Cl/c2*1-4-6-19-7-11-21(12-8-19)22-13-9-20(10-14-22)17-24(28)23-15-16-25(29-5-2)26(27)18(23)3;1-3-5-17-6-10-19(11-7-17)20-12-8-18(9-13-20)16-22(27)21-14-15-23(29-4-2)24(26)25(21)28;1-2-5-16-7-11-18(12-8-16)19-13-9-17(10-14-19)6-3-4-15-20;1-3-11-8-6-4-5-7(2)9(8)10;1-2/h15-16,19-22,24,28H,4-14,17H2,1-3H3;15-16,19-22H,4-14,17H2,1-3H3;14-15,17-20,28H,3-13,16H2,1-2H3;15-19H,2-14H2,1H3;4-6H,3H2,1-2H3;1H3. The van der Waals surface area contributed by atoms with Gasteiger partial charge in [-0.2, -0.15) is 4.39 Å². The molecule has 8 saturated carbocycles. The molecule has 0 aliphatic heterocycles. The Bertz CT molecular complexity index is 3380. The highest BCUT2D eigenvalue weighted by atomic mass is 35.5. The molecule has 8 aliphatic carbocycles. The first-order valence-corrected chi connectivity index (χ1v) is 49.8. The second-order valence-corrected chi connectivity index (χ2v) is 38.0. The number of halogens is 5. The van der Waals surface area contributed by atoms with Crippen molar-refractivity contribution in [3.05, 3.63) is 111 Å². The van der Waals surface area contributed by atoms with Crippen molar-refractivity contribution in [3.63, 3.8) is 0 Å². The first-order valence-electron chi connectivity index (χ1n) is 49.1. The summed E-state index contributed by atoms with van der Waals surface area (Å²) in [5, 5.41) is 20.9. The highest BCUT2D eigenvalue weighted by Crippen LogP contribution is 2.49. The third-order valence-electron chi connectivity index (χ3n) is 30.2. The van der Waals surface area contributed by atoms with Crippen LogP contribution in [0.4, 0.5) is 17.6 Å². The molecule has 0 radical (unpaired) electrons. The third-order valence-corrected chi connectivity index (χ3v) is 30.2. The summed E-state index contributed by atoms with van der Waals surface area (Å²) in [6, 6.07) is 14.9. The van der Waals surface area contributed by atoms with Gasteiger partial charge in [0.2, 0.25) is 5.82 Å². The van der Waals surface area contributed by atoms with Gasteiger partial charge < -0.3 is 34.0 Å². The number of rotatable bonds is 33. The molecule has 12 rings (SSSR count). The molecular weight excluding hydrogens is 1530 g/mol. The third kappa shape index (κ3) is 32.4. The van der Waals surface area contributed by atoms with E-state index < -0.39 is 17.7 Å². The normalized spacial score (nSPS) is 27.1. The Morgan fingerprint density at radius 3 is 1.01 bits per heavy atom. The number of phenols is 1. The minimum Gasteiger partial charge on any atom is -0.504 e. The molecule has 9 nitrogen and oxygen atoms in total. The van der Waals surface area contributed by atoms with Gasteiger partial charge in [-0.25, -0.2) is 13.2 Å². The number of aliphatic hydroxyl groups excluding tert-OH is 1. The van der Waals surface area contributed by atoms with Crippen molar-refractivity contribution in [2.24, 2.45) is 94.7 Å². The molecule has 1 unspecified atom stereocenters. The predicted molar refractivity (Wildman–Crippen MR) is 489 cm³/mol. The number of benzene rings is 4. The number of aryl methyl sites for hydroxylation is 1. The zero-order chi connectivity index (χ0) is 86.9. The van der Waals surface area contributed by atoms with Crippen LogP contribution in [0.2, 0.25) is 0 Å². The lowest BCUT2D eigenvalue weighted by Gasteiger charge is -2.38. The van der Waals surface area contributed by atoms with E-state index >= 15 is 0 Å². The van der Waals surface area contributed by atoms with E-state index in [-0.39, 0.29) is 51.8 Å². The largest absolute Gasteiger partial charge is 0.504 e. The van der Waals surface area contributed by atoms with Gasteiger partial charge in [0.15, 0.2) is 57.8 Å². The molecule has 0 bridgehead atoms. The minimum atomic E-state index is -0.833. The molecule has 0 saturated heterocycles. The van der Waals surface area contributed by atoms with Gasteiger partial charge >= 0.3 is 0 Å². The quantitative estimate of drug-likeness (QED) is 0.0157. The second kappa shape index (κ2) is 56.0. The van der Waals surface area contributed by atoms with E-state index in [4.69, 9.17) is 18.9 Å². The van der Waals surface area contributed by atoms with Crippen molar-refractivity contribution in [1.82, 2.24) is 0 Å². The van der Waals surface area contributed by atoms with E-state index in [1.165, 1.54) is 256 Å². The molecule has 14 heteroatoms. The highest BCUT2D eigenvalue weighted by Gasteiger charge is 2.37. The van der Waals surface area contributed by atoms with Crippen molar-refractivity contribution in [3.8, 4) is 28.7 Å². The van der Waals surface area contributed by atoms with Gasteiger partial charge in [0.25, 0.3) is 0 Å². The van der Waals surface area contributed by atoms with Crippen LogP contribution in [0.5, 0.6) is 28.7 Å². The fourth-order valence-electron chi connectivity index (χ4n) is 23.1. The molecule has 4 aromatic carbocycles. The number of hydrogen-bond acceptors (Lipinski definition) is 9. The zero-order valence-electron chi connectivity index (χ0n) is 77.1. The van der Waals surface area contributed by atoms with Crippen molar-refractivity contribution in [2.45, 2.75) is 378 Å². The topological polar surface area (TPSA) is 129 Å². The van der Waals surface area contributed by atoms with Crippen LogP contribution in [-0.4, -0.2) is 60.9 Å². The fraction of sp³-hybridized carbons (Fsp3) is 0.745. The number of carbonyl (C=O) groups is 3. The number of phenolic OH excluding ortho intramolecular Hbond substituents is 1. The van der Waals surface area contributed by atoms with Crippen LogP contribution in [0.15, 0.2) is 54.6 Å². The van der Waals surface area contributed by atoms with Crippen LogP contribution >= 0.6 is 11.6 Å². The van der Waals surface area contributed by atoms with Gasteiger partial charge in [-0.3, -0.25) is 9.59 Å². The Hall–Kier alpha value is -5.14. The number of ketones is 2. The molecule has 0 aromatic heterocycles. The fourth-order valence-corrected chi connectivity index (χ4v) is 23.1. The summed E-state index contributed by atoms with van der Waals surface area (Å²) < 4.78 is 77.0. The van der Waals surface area contributed by atoms with Gasteiger partial charge in [-0.05, 0) is 343 Å². The maximum atomic E-state index is 14.5. The number of aromatic hydroxyl groups is 1. The van der Waals surface area contributed by atoms with Crippen LogP contribution in [0.1, 0.15) is 400 Å². The van der Waals surface area contributed by atoms with Gasteiger partial charge in [0.1, 0.15) is 6.29 Å². The Morgan fingerprint density at radius 2 is 0.667 bits per heavy atom. The number of aldehydes is 1. The van der Waals surface area contributed by atoms with Crippen molar-refractivity contribution >= 4 is 29.5 Å². The molecule has 8 fully saturated rings. The van der Waals surface area contributed by atoms with Crippen molar-refractivity contribution in [1.29, 1.82) is 0 Å². The van der Waals surface area contributed by atoms with E-state index in [2.05, 4.69) is 39.3 Å². The molecule has 120 heavy (non-hydrogen) atoms. The molecule has 2 N–H and O–H groups in total. The van der Waals surface area contributed by atoms with E-state index in [1.54, 1.807) is 64.1 Å². The molecule has 0 spiro atoms. The van der Waals surface area contributed by atoms with Crippen molar-refractivity contribution < 1.29 is 61.1 Å². The maximum absolute atomic E-state index is 14.5. The predicted octanol–water partition coefficient (Wildman–Crippen LogP) is 31.0.